The molecule has 0 aromatic rings. The van der Waals surface area contributed by atoms with Crippen molar-refractivity contribution < 1.29 is 8.85 Å². The monoisotopic (exact) mass is 318 g/mol. The molecule has 4 heteroatoms. The third-order valence-corrected chi connectivity index (χ3v) is 5.27. The first-order valence-electron chi connectivity index (χ1n) is 8.42. The summed E-state index contributed by atoms with van der Waals surface area (Å²) in [5, 5.41) is 0. The lowest BCUT2D eigenvalue weighted by molar-refractivity contribution is 0.199. The van der Waals surface area contributed by atoms with Crippen molar-refractivity contribution in [2.24, 2.45) is 0 Å². The summed E-state index contributed by atoms with van der Waals surface area (Å²) in [5.74, 6) is 0. The van der Waals surface area contributed by atoms with E-state index in [2.05, 4.69) is 46.2 Å². The van der Waals surface area contributed by atoms with Gasteiger partial charge in [0.05, 0.1) is 0 Å². The van der Waals surface area contributed by atoms with E-state index in [1.807, 2.05) is 0 Å². The Kier molecular flexibility index (Phi) is 10.3. The van der Waals surface area contributed by atoms with Gasteiger partial charge in [-0.1, -0.05) is 32.1 Å². The van der Waals surface area contributed by atoms with Crippen LogP contribution in [0.25, 0.3) is 0 Å². The van der Waals surface area contributed by atoms with Crippen molar-refractivity contribution in [3.05, 3.63) is 0 Å². The molecule has 0 aromatic carbocycles. The largest absolute Gasteiger partial charge is 0.418 e. The standard InChI is InChI=1S/C16H38O2Si2/c1-16(18-20(5,6)7)14-12-10-8-9-11-13-15-17-19(2,3)4/h16H,8-15H2,1-7H3. The van der Waals surface area contributed by atoms with E-state index in [4.69, 9.17) is 8.85 Å². The maximum Gasteiger partial charge on any atom is 0.184 e. The molecule has 0 aromatic heterocycles. The van der Waals surface area contributed by atoms with Crippen molar-refractivity contribution in [1.29, 1.82) is 0 Å². The van der Waals surface area contributed by atoms with Gasteiger partial charge >= 0.3 is 0 Å². The van der Waals surface area contributed by atoms with Gasteiger partial charge in [0.2, 0.25) is 0 Å². The van der Waals surface area contributed by atoms with Crippen LogP contribution in [0.3, 0.4) is 0 Å². The molecule has 0 aliphatic heterocycles. The predicted octanol–water partition coefficient (Wildman–Crippen LogP) is 5.81. The van der Waals surface area contributed by atoms with Gasteiger partial charge in [-0.2, -0.15) is 0 Å². The van der Waals surface area contributed by atoms with Crippen molar-refractivity contribution in [2.75, 3.05) is 6.61 Å². The molecule has 0 rings (SSSR count). The van der Waals surface area contributed by atoms with Crippen molar-refractivity contribution in [3.8, 4) is 0 Å². The van der Waals surface area contributed by atoms with Crippen LogP contribution in [-0.4, -0.2) is 29.3 Å². The van der Waals surface area contributed by atoms with Gasteiger partial charge < -0.3 is 8.85 Å². The summed E-state index contributed by atoms with van der Waals surface area (Å²) in [6, 6.07) is 0. The molecule has 122 valence electrons. The lowest BCUT2D eigenvalue weighted by Crippen LogP contribution is -2.30. The average molecular weight is 319 g/mol. The second-order valence-corrected chi connectivity index (χ2v) is 16.9. The van der Waals surface area contributed by atoms with Gasteiger partial charge in [-0.25, -0.2) is 0 Å². The van der Waals surface area contributed by atoms with E-state index in [1.54, 1.807) is 0 Å². The number of rotatable bonds is 12. The average Bonchev–Trinajstić information content (AvgIpc) is 2.22. The van der Waals surface area contributed by atoms with Crippen LogP contribution in [0.15, 0.2) is 0 Å². The molecule has 0 saturated carbocycles. The van der Waals surface area contributed by atoms with Gasteiger partial charge in [-0.15, -0.1) is 0 Å². The lowest BCUT2D eigenvalue weighted by atomic mass is 10.1. The lowest BCUT2D eigenvalue weighted by Gasteiger charge is -2.23. The minimum atomic E-state index is -1.34. The predicted molar refractivity (Wildman–Crippen MR) is 95.5 cm³/mol. The smallest absolute Gasteiger partial charge is 0.184 e. The fraction of sp³-hybridized carbons (Fsp3) is 1.00. The maximum atomic E-state index is 6.06. The van der Waals surface area contributed by atoms with Crippen molar-refractivity contribution in [3.63, 3.8) is 0 Å². The Hall–Kier alpha value is 0.354. The summed E-state index contributed by atoms with van der Waals surface area (Å²) in [4.78, 5) is 0. The zero-order valence-electron chi connectivity index (χ0n) is 15.1. The Bertz CT molecular complexity index is 232. The Morgan fingerprint density at radius 1 is 0.700 bits per heavy atom. The van der Waals surface area contributed by atoms with Gasteiger partial charge in [0, 0.05) is 12.7 Å². The first-order chi connectivity index (χ1) is 9.10. The molecular formula is C16H38O2Si2. The molecule has 20 heavy (non-hydrogen) atoms. The van der Waals surface area contributed by atoms with E-state index in [9.17, 15) is 0 Å². The first kappa shape index (κ1) is 20.4. The highest BCUT2D eigenvalue weighted by molar-refractivity contribution is 6.70. The molecular weight excluding hydrogens is 280 g/mol. The maximum absolute atomic E-state index is 6.06. The highest BCUT2D eigenvalue weighted by atomic mass is 28.4. The third-order valence-electron chi connectivity index (χ3n) is 3.09. The van der Waals surface area contributed by atoms with Crippen LogP contribution in [-0.2, 0) is 8.85 Å². The topological polar surface area (TPSA) is 18.5 Å². The van der Waals surface area contributed by atoms with Crippen molar-refractivity contribution in [2.45, 2.75) is 97.3 Å². The van der Waals surface area contributed by atoms with Crippen LogP contribution >= 0.6 is 0 Å². The second kappa shape index (κ2) is 10.1. The molecule has 0 N–H and O–H groups in total. The van der Waals surface area contributed by atoms with Crippen LogP contribution in [0.5, 0.6) is 0 Å². The molecule has 0 amide bonds. The van der Waals surface area contributed by atoms with Crippen LogP contribution in [0, 0.1) is 0 Å². The number of hydrogen-bond acceptors (Lipinski definition) is 2. The molecule has 0 fully saturated rings. The Labute approximate surface area is 129 Å². The zero-order valence-corrected chi connectivity index (χ0v) is 17.1. The van der Waals surface area contributed by atoms with E-state index in [0.29, 0.717) is 6.10 Å². The number of hydrogen-bond donors (Lipinski definition) is 0. The molecule has 1 unspecified atom stereocenters. The third kappa shape index (κ3) is 16.4. The van der Waals surface area contributed by atoms with Crippen molar-refractivity contribution in [1.82, 2.24) is 0 Å². The molecule has 0 aliphatic carbocycles. The van der Waals surface area contributed by atoms with Crippen LogP contribution in [0.2, 0.25) is 39.3 Å². The summed E-state index contributed by atoms with van der Waals surface area (Å²) >= 11 is 0. The molecule has 0 bridgehead atoms. The highest BCUT2D eigenvalue weighted by Gasteiger charge is 2.17. The van der Waals surface area contributed by atoms with Crippen LogP contribution in [0.1, 0.15) is 51.9 Å². The molecule has 0 heterocycles. The summed E-state index contributed by atoms with van der Waals surface area (Å²) in [6.45, 7) is 16.8. The molecule has 1 atom stereocenters. The quantitative estimate of drug-likeness (QED) is 0.334. The van der Waals surface area contributed by atoms with Gasteiger partial charge in [-0.05, 0) is 59.0 Å². The summed E-state index contributed by atoms with van der Waals surface area (Å²) < 4.78 is 11.9. The summed E-state index contributed by atoms with van der Waals surface area (Å²) in [7, 11) is -2.62. The molecule has 0 saturated heterocycles. The first-order valence-corrected chi connectivity index (χ1v) is 15.2. The summed E-state index contributed by atoms with van der Waals surface area (Å²) in [5.41, 5.74) is 0. The normalized spacial score (nSPS) is 14.6. The molecule has 2 nitrogen and oxygen atoms in total. The highest BCUT2D eigenvalue weighted by Crippen LogP contribution is 2.14. The SMILES string of the molecule is CC(CCCCCCCCO[Si](C)(C)C)O[Si](C)(C)C. The number of unbranched alkanes of at least 4 members (excludes halogenated alkanes) is 5. The van der Waals surface area contributed by atoms with Crippen molar-refractivity contribution >= 4 is 16.6 Å². The Balaban J connectivity index is 3.29. The molecule has 0 radical (unpaired) electrons. The van der Waals surface area contributed by atoms with Gasteiger partial charge in [0.1, 0.15) is 0 Å². The van der Waals surface area contributed by atoms with E-state index in [-0.39, 0.29) is 0 Å². The minimum Gasteiger partial charge on any atom is -0.418 e. The van der Waals surface area contributed by atoms with Gasteiger partial charge in [0.15, 0.2) is 16.6 Å². The molecule has 0 aliphatic rings. The summed E-state index contributed by atoms with van der Waals surface area (Å²) in [6.07, 6.45) is 9.64. The zero-order chi connectivity index (χ0) is 15.6. The Morgan fingerprint density at radius 2 is 1.20 bits per heavy atom. The van der Waals surface area contributed by atoms with E-state index < -0.39 is 16.6 Å². The fourth-order valence-corrected chi connectivity index (χ4v) is 4.36. The minimum absolute atomic E-state index is 0.451. The van der Waals surface area contributed by atoms with Crippen LogP contribution in [0.4, 0.5) is 0 Å². The van der Waals surface area contributed by atoms with Gasteiger partial charge in [-0.3, -0.25) is 0 Å². The fourth-order valence-electron chi connectivity index (χ4n) is 2.28. The molecule has 0 spiro atoms. The van der Waals surface area contributed by atoms with E-state index in [0.717, 1.165) is 6.61 Å². The van der Waals surface area contributed by atoms with Crippen LogP contribution < -0.4 is 0 Å². The van der Waals surface area contributed by atoms with E-state index in [1.165, 1.54) is 44.9 Å². The van der Waals surface area contributed by atoms with Gasteiger partial charge in [0.25, 0.3) is 0 Å². The Morgan fingerprint density at radius 3 is 1.70 bits per heavy atom. The van der Waals surface area contributed by atoms with E-state index >= 15 is 0 Å². The second-order valence-electron chi connectivity index (χ2n) is 7.91.